The summed E-state index contributed by atoms with van der Waals surface area (Å²) in [6, 6.07) is 7.03. The molecular formula is C15H13BrClNO3. The molecule has 3 aliphatic rings. The lowest BCUT2D eigenvalue weighted by Crippen LogP contribution is -2.40. The average molecular weight is 371 g/mol. The third-order valence-corrected chi connectivity index (χ3v) is 6.35. The van der Waals surface area contributed by atoms with Crippen molar-refractivity contribution < 1.29 is 14.3 Å². The number of amides is 1. The van der Waals surface area contributed by atoms with Crippen LogP contribution < -0.4 is 5.32 Å². The molecule has 3 fully saturated rings. The number of nitrogens with one attached hydrogen (secondary N) is 1. The molecule has 1 aromatic carbocycles. The number of benzene rings is 1. The Hall–Kier alpha value is -1.07. The van der Waals surface area contributed by atoms with E-state index in [9.17, 15) is 9.59 Å². The van der Waals surface area contributed by atoms with E-state index in [0.29, 0.717) is 10.7 Å². The van der Waals surface area contributed by atoms with Gasteiger partial charge >= 0.3 is 5.97 Å². The summed E-state index contributed by atoms with van der Waals surface area (Å²) in [6.45, 7) is 0. The fourth-order valence-electron chi connectivity index (χ4n) is 4.12. The lowest BCUT2D eigenvalue weighted by atomic mass is 9.79. The van der Waals surface area contributed by atoms with Gasteiger partial charge in [0.25, 0.3) is 0 Å². The first-order valence-electron chi connectivity index (χ1n) is 6.97. The van der Waals surface area contributed by atoms with Crippen molar-refractivity contribution in [3.8, 4) is 0 Å². The van der Waals surface area contributed by atoms with Gasteiger partial charge in [-0.25, -0.2) is 0 Å². The molecule has 1 saturated heterocycles. The highest BCUT2D eigenvalue weighted by molar-refractivity contribution is 9.09. The van der Waals surface area contributed by atoms with Gasteiger partial charge in [-0.1, -0.05) is 33.6 Å². The number of anilines is 1. The lowest BCUT2D eigenvalue weighted by Gasteiger charge is -2.27. The van der Waals surface area contributed by atoms with Crippen LogP contribution in [0.5, 0.6) is 0 Å². The molecule has 1 aliphatic heterocycles. The first-order chi connectivity index (χ1) is 10.1. The molecule has 2 bridgehead atoms. The number of rotatable bonds is 2. The van der Waals surface area contributed by atoms with Gasteiger partial charge in [0, 0.05) is 16.6 Å². The van der Waals surface area contributed by atoms with E-state index in [0.717, 1.165) is 6.42 Å². The summed E-state index contributed by atoms with van der Waals surface area (Å²) in [6.07, 6.45) is 0.827. The van der Waals surface area contributed by atoms with Gasteiger partial charge < -0.3 is 10.1 Å². The van der Waals surface area contributed by atoms with E-state index in [4.69, 9.17) is 16.3 Å². The van der Waals surface area contributed by atoms with Crippen LogP contribution >= 0.6 is 27.5 Å². The van der Waals surface area contributed by atoms with Crippen LogP contribution in [0.4, 0.5) is 5.69 Å². The topological polar surface area (TPSA) is 55.4 Å². The Bertz CT molecular complexity index is 637. The fraction of sp³-hybridized carbons (Fsp3) is 0.467. The Morgan fingerprint density at radius 1 is 1.38 bits per heavy atom. The summed E-state index contributed by atoms with van der Waals surface area (Å²) in [5.74, 6) is -0.590. The molecular weight excluding hydrogens is 358 g/mol. The highest BCUT2D eigenvalue weighted by atomic mass is 79.9. The highest BCUT2D eigenvalue weighted by Crippen LogP contribution is 2.60. The smallest absolute Gasteiger partial charge is 0.310 e. The molecule has 0 aromatic heterocycles. The number of alkyl halides is 1. The summed E-state index contributed by atoms with van der Waals surface area (Å²) < 4.78 is 5.41. The molecule has 1 aromatic rings. The summed E-state index contributed by atoms with van der Waals surface area (Å²) in [7, 11) is 0. The normalized spacial score (nSPS) is 39.4. The number of carbonyl (C=O) groups excluding carboxylic acids is 2. The van der Waals surface area contributed by atoms with Gasteiger partial charge in [0.15, 0.2) is 0 Å². The van der Waals surface area contributed by atoms with Crippen LogP contribution in [0.2, 0.25) is 5.02 Å². The van der Waals surface area contributed by atoms with Gasteiger partial charge in [-0.3, -0.25) is 9.59 Å². The minimum absolute atomic E-state index is 0.0530. The molecule has 2 aliphatic carbocycles. The predicted molar refractivity (Wildman–Crippen MR) is 81.3 cm³/mol. The van der Waals surface area contributed by atoms with Crippen molar-refractivity contribution >= 4 is 45.1 Å². The molecule has 2 saturated carbocycles. The number of hydrogen-bond acceptors (Lipinski definition) is 3. The Kier molecular flexibility index (Phi) is 3.05. The molecule has 6 heteroatoms. The zero-order valence-electron chi connectivity index (χ0n) is 11.0. The van der Waals surface area contributed by atoms with Gasteiger partial charge in [0.1, 0.15) is 6.10 Å². The summed E-state index contributed by atoms with van der Waals surface area (Å²) in [4.78, 5) is 24.7. The lowest BCUT2D eigenvalue weighted by molar-refractivity contribution is -0.145. The van der Waals surface area contributed by atoms with E-state index in [-0.39, 0.29) is 46.5 Å². The maximum absolute atomic E-state index is 12.6. The molecule has 1 N–H and O–H groups in total. The Balaban J connectivity index is 1.59. The van der Waals surface area contributed by atoms with Gasteiger partial charge in [0.2, 0.25) is 5.91 Å². The molecule has 4 nitrogen and oxygen atoms in total. The number of hydrogen-bond donors (Lipinski definition) is 1. The average Bonchev–Trinajstić information content (AvgIpc) is 3.02. The van der Waals surface area contributed by atoms with Gasteiger partial charge in [0.05, 0.1) is 16.7 Å². The SMILES string of the molecule is O=C(Nc1cccc(Cl)c1)[C@@H]1[C@H]2C[C@H]3[C@H](OC(=O)[C@@H]31)[C@@H]2Br. The van der Waals surface area contributed by atoms with Crippen molar-refractivity contribution in [3.05, 3.63) is 29.3 Å². The molecule has 1 heterocycles. The van der Waals surface area contributed by atoms with Crippen molar-refractivity contribution in [2.45, 2.75) is 17.4 Å². The predicted octanol–water partition coefficient (Wildman–Crippen LogP) is 2.85. The van der Waals surface area contributed by atoms with Crippen molar-refractivity contribution in [2.24, 2.45) is 23.7 Å². The second-order valence-electron chi connectivity index (χ2n) is 5.96. The molecule has 4 rings (SSSR count). The second-order valence-corrected chi connectivity index (χ2v) is 7.45. The standard InChI is InChI=1S/C15H13BrClNO3/c16-12-8-5-9-11(15(20)21-13(9)12)10(8)14(19)18-7-3-1-2-6(17)4-7/h1-4,8-13H,5H2,(H,18,19)/t8-,9-,10-,11+,12-,13+/m1/s1. The van der Waals surface area contributed by atoms with Crippen LogP contribution in [0, 0.1) is 23.7 Å². The van der Waals surface area contributed by atoms with E-state index in [1.807, 2.05) is 0 Å². The molecule has 0 radical (unpaired) electrons. The third-order valence-electron chi connectivity index (χ3n) is 4.92. The molecule has 0 spiro atoms. The second kappa shape index (κ2) is 4.71. The van der Waals surface area contributed by atoms with Crippen LogP contribution in [0.1, 0.15) is 6.42 Å². The zero-order valence-corrected chi connectivity index (χ0v) is 13.3. The summed E-state index contributed by atoms with van der Waals surface area (Å²) in [5.41, 5.74) is 0.657. The number of ether oxygens (including phenoxy) is 1. The van der Waals surface area contributed by atoms with Crippen LogP contribution in [0.25, 0.3) is 0 Å². The fourth-order valence-corrected chi connectivity index (χ4v) is 5.36. The third kappa shape index (κ3) is 1.94. The van der Waals surface area contributed by atoms with E-state index in [2.05, 4.69) is 21.2 Å². The zero-order chi connectivity index (χ0) is 14.7. The van der Waals surface area contributed by atoms with E-state index in [1.54, 1.807) is 24.3 Å². The quantitative estimate of drug-likeness (QED) is 0.643. The van der Waals surface area contributed by atoms with Crippen LogP contribution in [0.15, 0.2) is 24.3 Å². The largest absolute Gasteiger partial charge is 0.461 e. The molecule has 0 unspecified atom stereocenters. The molecule has 1 amide bonds. The highest BCUT2D eigenvalue weighted by Gasteiger charge is 2.67. The van der Waals surface area contributed by atoms with E-state index < -0.39 is 0 Å². The Morgan fingerprint density at radius 2 is 2.19 bits per heavy atom. The Morgan fingerprint density at radius 3 is 2.95 bits per heavy atom. The molecule has 6 atom stereocenters. The number of halogens is 2. The monoisotopic (exact) mass is 369 g/mol. The number of esters is 1. The van der Waals surface area contributed by atoms with Gasteiger partial charge in [-0.15, -0.1) is 0 Å². The first kappa shape index (κ1) is 13.6. The maximum atomic E-state index is 12.6. The van der Waals surface area contributed by atoms with Crippen molar-refractivity contribution in [1.29, 1.82) is 0 Å². The number of carbonyl (C=O) groups is 2. The van der Waals surface area contributed by atoms with Gasteiger partial charge in [-0.2, -0.15) is 0 Å². The van der Waals surface area contributed by atoms with Crippen molar-refractivity contribution in [1.82, 2.24) is 0 Å². The summed E-state index contributed by atoms with van der Waals surface area (Å²) in [5, 5.41) is 3.45. The minimum Gasteiger partial charge on any atom is -0.461 e. The van der Waals surface area contributed by atoms with Crippen LogP contribution in [0.3, 0.4) is 0 Å². The van der Waals surface area contributed by atoms with Crippen molar-refractivity contribution in [2.75, 3.05) is 5.32 Å². The minimum atomic E-state index is -0.315. The van der Waals surface area contributed by atoms with E-state index in [1.165, 1.54) is 0 Å². The number of fused-ring (bicyclic) bond motifs is 1. The first-order valence-corrected chi connectivity index (χ1v) is 8.26. The molecule has 110 valence electrons. The van der Waals surface area contributed by atoms with Crippen LogP contribution in [-0.4, -0.2) is 22.8 Å². The molecule has 21 heavy (non-hydrogen) atoms. The van der Waals surface area contributed by atoms with Crippen LogP contribution in [-0.2, 0) is 14.3 Å². The van der Waals surface area contributed by atoms with Gasteiger partial charge in [-0.05, 0) is 30.5 Å². The maximum Gasteiger partial charge on any atom is 0.310 e. The van der Waals surface area contributed by atoms with Crippen molar-refractivity contribution in [3.63, 3.8) is 0 Å². The Labute approximate surface area is 135 Å². The summed E-state index contributed by atoms with van der Waals surface area (Å²) >= 11 is 9.53. The van der Waals surface area contributed by atoms with E-state index >= 15 is 0 Å².